The Labute approximate surface area is 93.2 Å². The second kappa shape index (κ2) is 5.83. The SMILES string of the molecule is CCC(O)CCNC1CCOC(C)(C)C1. The van der Waals surface area contributed by atoms with E-state index >= 15 is 0 Å². The zero-order valence-electron chi connectivity index (χ0n) is 10.3. The molecule has 2 unspecified atom stereocenters. The zero-order chi connectivity index (χ0) is 11.3. The smallest absolute Gasteiger partial charge is 0.0641 e. The number of hydrogen-bond acceptors (Lipinski definition) is 3. The van der Waals surface area contributed by atoms with E-state index in [1.54, 1.807) is 0 Å². The van der Waals surface area contributed by atoms with Crippen LogP contribution < -0.4 is 5.32 Å². The average molecular weight is 215 g/mol. The molecule has 15 heavy (non-hydrogen) atoms. The minimum absolute atomic E-state index is 0.0132. The Morgan fingerprint density at radius 2 is 2.27 bits per heavy atom. The van der Waals surface area contributed by atoms with Crippen LogP contribution >= 0.6 is 0 Å². The molecule has 0 aromatic carbocycles. The molecule has 0 radical (unpaired) electrons. The number of aliphatic hydroxyl groups is 1. The van der Waals surface area contributed by atoms with Crippen LogP contribution in [0.4, 0.5) is 0 Å². The second-order valence-corrected chi connectivity index (χ2v) is 5.10. The van der Waals surface area contributed by atoms with E-state index in [9.17, 15) is 5.11 Å². The molecule has 2 atom stereocenters. The number of hydrogen-bond donors (Lipinski definition) is 2. The predicted molar refractivity (Wildman–Crippen MR) is 62.0 cm³/mol. The monoisotopic (exact) mass is 215 g/mol. The van der Waals surface area contributed by atoms with E-state index < -0.39 is 0 Å². The molecule has 2 N–H and O–H groups in total. The standard InChI is InChI=1S/C12H25NO2/c1-4-11(14)5-7-13-10-6-8-15-12(2,3)9-10/h10-11,13-14H,4-9H2,1-3H3. The van der Waals surface area contributed by atoms with Crippen LogP contribution in [0, 0.1) is 0 Å². The molecule has 0 aromatic rings. The molecule has 1 fully saturated rings. The van der Waals surface area contributed by atoms with Gasteiger partial charge in [0, 0.05) is 12.6 Å². The van der Waals surface area contributed by atoms with Gasteiger partial charge in [-0.2, -0.15) is 0 Å². The molecular weight excluding hydrogens is 190 g/mol. The Morgan fingerprint density at radius 1 is 1.53 bits per heavy atom. The lowest BCUT2D eigenvalue weighted by atomic mass is 9.94. The van der Waals surface area contributed by atoms with Crippen LogP contribution in [-0.4, -0.2) is 36.0 Å². The molecule has 1 aliphatic heterocycles. The summed E-state index contributed by atoms with van der Waals surface area (Å²) in [6, 6.07) is 0.554. The van der Waals surface area contributed by atoms with E-state index in [0.29, 0.717) is 6.04 Å². The van der Waals surface area contributed by atoms with Gasteiger partial charge in [-0.3, -0.25) is 0 Å². The highest BCUT2D eigenvalue weighted by atomic mass is 16.5. The van der Waals surface area contributed by atoms with E-state index in [1.165, 1.54) is 0 Å². The van der Waals surface area contributed by atoms with Gasteiger partial charge in [-0.15, -0.1) is 0 Å². The highest BCUT2D eigenvalue weighted by molar-refractivity contribution is 4.82. The van der Waals surface area contributed by atoms with Crippen molar-refractivity contribution in [2.24, 2.45) is 0 Å². The Bertz CT molecular complexity index is 182. The molecule has 1 heterocycles. The van der Waals surface area contributed by atoms with Crippen LogP contribution in [0.5, 0.6) is 0 Å². The highest BCUT2D eigenvalue weighted by Gasteiger charge is 2.28. The number of rotatable bonds is 5. The molecule has 3 heteroatoms. The summed E-state index contributed by atoms with van der Waals surface area (Å²) in [6.45, 7) is 8.06. The van der Waals surface area contributed by atoms with Crippen molar-refractivity contribution in [1.29, 1.82) is 0 Å². The van der Waals surface area contributed by atoms with Crippen molar-refractivity contribution in [2.45, 2.75) is 64.2 Å². The Kier molecular flexibility index (Phi) is 5.03. The molecule has 0 bridgehead atoms. The van der Waals surface area contributed by atoms with Crippen molar-refractivity contribution in [1.82, 2.24) is 5.32 Å². The van der Waals surface area contributed by atoms with Gasteiger partial charge in [-0.25, -0.2) is 0 Å². The molecule has 0 spiro atoms. The Balaban J connectivity index is 2.16. The van der Waals surface area contributed by atoms with Gasteiger partial charge in [0.1, 0.15) is 0 Å². The van der Waals surface area contributed by atoms with Crippen LogP contribution in [0.3, 0.4) is 0 Å². The highest BCUT2D eigenvalue weighted by Crippen LogP contribution is 2.23. The largest absolute Gasteiger partial charge is 0.393 e. The molecular formula is C12H25NO2. The minimum atomic E-state index is -0.148. The maximum atomic E-state index is 9.43. The lowest BCUT2D eigenvalue weighted by Gasteiger charge is -2.36. The van der Waals surface area contributed by atoms with Crippen LogP contribution in [0.25, 0.3) is 0 Å². The average Bonchev–Trinajstić information content (AvgIpc) is 2.16. The normalized spacial score (nSPS) is 27.6. The molecule has 0 saturated carbocycles. The summed E-state index contributed by atoms with van der Waals surface area (Å²) in [6.07, 6.45) is 3.71. The quantitative estimate of drug-likeness (QED) is 0.733. The first kappa shape index (κ1) is 12.9. The van der Waals surface area contributed by atoms with Crippen molar-refractivity contribution >= 4 is 0 Å². The fraction of sp³-hybridized carbons (Fsp3) is 1.00. The maximum absolute atomic E-state index is 9.43. The molecule has 1 rings (SSSR count). The fourth-order valence-electron chi connectivity index (χ4n) is 2.06. The van der Waals surface area contributed by atoms with E-state index in [-0.39, 0.29) is 11.7 Å². The minimum Gasteiger partial charge on any atom is -0.393 e. The summed E-state index contributed by atoms with van der Waals surface area (Å²) in [4.78, 5) is 0. The van der Waals surface area contributed by atoms with E-state index in [0.717, 1.165) is 38.8 Å². The summed E-state index contributed by atoms with van der Waals surface area (Å²) in [5.74, 6) is 0. The first-order valence-corrected chi connectivity index (χ1v) is 6.09. The van der Waals surface area contributed by atoms with Gasteiger partial charge in [0.25, 0.3) is 0 Å². The van der Waals surface area contributed by atoms with Crippen LogP contribution in [0.2, 0.25) is 0 Å². The van der Waals surface area contributed by atoms with Crippen LogP contribution in [0.15, 0.2) is 0 Å². The van der Waals surface area contributed by atoms with Gasteiger partial charge in [0.2, 0.25) is 0 Å². The van der Waals surface area contributed by atoms with E-state index in [4.69, 9.17) is 4.74 Å². The topological polar surface area (TPSA) is 41.5 Å². The third kappa shape index (κ3) is 4.96. The van der Waals surface area contributed by atoms with Crippen molar-refractivity contribution in [3.8, 4) is 0 Å². The molecule has 3 nitrogen and oxygen atoms in total. The van der Waals surface area contributed by atoms with E-state index in [2.05, 4.69) is 19.2 Å². The van der Waals surface area contributed by atoms with Crippen molar-refractivity contribution < 1.29 is 9.84 Å². The van der Waals surface area contributed by atoms with Crippen molar-refractivity contribution in [3.63, 3.8) is 0 Å². The van der Waals surface area contributed by atoms with Crippen molar-refractivity contribution in [3.05, 3.63) is 0 Å². The molecule has 90 valence electrons. The number of ether oxygens (including phenoxy) is 1. The van der Waals surface area contributed by atoms with Crippen LogP contribution in [-0.2, 0) is 4.74 Å². The maximum Gasteiger partial charge on any atom is 0.0641 e. The lowest BCUT2D eigenvalue weighted by Crippen LogP contribution is -2.44. The third-order valence-corrected chi connectivity index (χ3v) is 3.08. The van der Waals surface area contributed by atoms with Gasteiger partial charge in [0.15, 0.2) is 0 Å². The fourth-order valence-corrected chi connectivity index (χ4v) is 2.06. The summed E-state index contributed by atoms with van der Waals surface area (Å²) in [5, 5.41) is 12.9. The molecule has 1 aliphatic rings. The number of nitrogens with one attached hydrogen (secondary N) is 1. The summed E-state index contributed by atoms with van der Waals surface area (Å²) in [7, 11) is 0. The summed E-state index contributed by atoms with van der Waals surface area (Å²) >= 11 is 0. The van der Waals surface area contributed by atoms with Gasteiger partial charge >= 0.3 is 0 Å². The lowest BCUT2D eigenvalue weighted by molar-refractivity contribution is -0.0630. The van der Waals surface area contributed by atoms with Gasteiger partial charge < -0.3 is 15.2 Å². The molecule has 0 aromatic heterocycles. The van der Waals surface area contributed by atoms with Gasteiger partial charge in [-0.05, 0) is 46.1 Å². The van der Waals surface area contributed by atoms with Crippen LogP contribution in [0.1, 0.15) is 46.5 Å². The number of aliphatic hydroxyl groups excluding tert-OH is 1. The Hall–Kier alpha value is -0.120. The van der Waals surface area contributed by atoms with Crippen molar-refractivity contribution in [2.75, 3.05) is 13.2 Å². The molecule has 0 amide bonds. The van der Waals surface area contributed by atoms with Gasteiger partial charge in [-0.1, -0.05) is 6.92 Å². The van der Waals surface area contributed by atoms with E-state index in [1.807, 2.05) is 6.92 Å². The molecule has 1 saturated heterocycles. The predicted octanol–water partition coefficient (Wildman–Crippen LogP) is 1.69. The summed E-state index contributed by atoms with van der Waals surface area (Å²) < 4.78 is 5.65. The first-order valence-electron chi connectivity index (χ1n) is 6.09. The van der Waals surface area contributed by atoms with Gasteiger partial charge in [0.05, 0.1) is 11.7 Å². The third-order valence-electron chi connectivity index (χ3n) is 3.08. The summed E-state index contributed by atoms with van der Waals surface area (Å²) in [5.41, 5.74) is 0.0132. The zero-order valence-corrected chi connectivity index (χ0v) is 10.3. The molecule has 0 aliphatic carbocycles. The Morgan fingerprint density at radius 3 is 2.87 bits per heavy atom. The second-order valence-electron chi connectivity index (χ2n) is 5.10. The first-order chi connectivity index (χ1) is 7.03.